The van der Waals surface area contributed by atoms with Crippen molar-refractivity contribution in [2.75, 3.05) is 6.61 Å². The molecule has 138 valence electrons. The van der Waals surface area contributed by atoms with Crippen LogP contribution >= 0.6 is 0 Å². The summed E-state index contributed by atoms with van der Waals surface area (Å²) in [5, 5.41) is 8.87. The van der Waals surface area contributed by atoms with Gasteiger partial charge in [0, 0.05) is 11.5 Å². The Morgan fingerprint density at radius 3 is 2.58 bits per heavy atom. The van der Waals surface area contributed by atoms with Crippen molar-refractivity contribution in [2.45, 2.75) is 26.4 Å². The number of hydrogen-bond donors (Lipinski definition) is 1. The molecule has 0 spiro atoms. The van der Waals surface area contributed by atoms with Crippen LogP contribution in [0.2, 0.25) is 0 Å². The summed E-state index contributed by atoms with van der Waals surface area (Å²) in [7, 11) is 0. The van der Waals surface area contributed by atoms with Crippen LogP contribution in [-0.2, 0) is 4.79 Å². The number of hydrogen-bond acceptors (Lipinski definition) is 3. The highest BCUT2D eigenvalue weighted by molar-refractivity contribution is 5.73. The lowest BCUT2D eigenvalue weighted by Crippen LogP contribution is -2.07. The Morgan fingerprint density at radius 1 is 1.19 bits per heavy atom. The van der Waals surface area contributed by atoms with Crippen molar-refractivity contribution in [3.05, 3.63) is 48.0 Å². The van der Waals surface area contributed by atoms with E-state index in [9.17, 15) is 13.6 Å². The largest absolute Gasteiger partial charge is 0.491 e. The molecular weight excluding hydrogens is 342 g/mol. The number of carboxylic acid groups (broad SMARTS) is 1. The van der Waals surface area contributed by atoms with Crippen LogP contribution in [0.4, 0.5) is 8.78 Å². The van der Waals surface area contributed by atoms with E-state index in [0.29, 0.717) is 17.7 Å². The molecule has 0 bridgehead atoms. The summed E-state index contributed by atoms with van der Waals surface area (Å²) in [5.41, 5.74) is 0.609. The molecule has 0 unspecified atom stereocenters. The molecule has 0 saturated heterocycles. The van der Waals surface area contributed by atoms with Gasteiger partial charge in [-0.15, -0.1) is 0 Å². The number of aliphatic carboxylic acids is 1. The molecule has 2 aromatic rings. The van der Waals surface area contributed by atoms with E-state index in [0.717, 1.165) is 0 Å². The molecule has 1 N–H and O–H groups in total. The molecule has 1 fully saturated rings. The Kier molecular flexibility index (Phi) is 5.11. The summed E-state index contributed by atoms with van der Waals surface area (Å²) in [5.74, 6) is -1.91. The van der Waals surface area contributed by atoms with Gasteiger partial charge in [0.15, 0.2) is 11.6 Å². The average Bonchev–Trinajstić information content (AvgIpc) is 3.35. The quantitative estimate of drug-likeness (QED) is 0.787. The predicted molar refractivity (Wildman–Crippen MR) is 92.3 cm³/mol. The molecule has 4 nitrogen and oxygen atoms in total. The summed E-state index contributed by atoms with van der Waals surface area (Å²) < 4.78 is 39.4. The summed E-state index contributed by atoms with van der Waals surface area (Å²) in [6.45, 7) is 3.88. The summed E-state index contributed by atoms with van der Waals surface area (Å²) in [6, 6.07) is 8.55. The molecule has 2 atom stereocenters. The van der Waals surface area contributed by atoms with E-state index in [2.05, 4.69) is 0 Å². The van der Waals surface area contributed by atoms with Crippen molar-refractivity contribution in [1.82, 2.24) is 0 Å². The lowest BCUT2D eigenvalue weighted by Gasteiger charge is -2.13. The van der Waals surface area contributed by atoms with Crippen LogP contribution < -0.4 is 9.47 Å². The molecule has 3 rings (SSSR count). The normalized spacial score (nSPS) is 18.7. The average molecular weight is 362 g/mol. The lowest BCUT2D eigenvalue weighted by atomic mass is 10.0. The molecule has 1 aliphatic rings. The third-order valence-electron chi connectivity index (χ3n) is 4.25. The molecule has 1 saturated carbocycles. The van der Waals surface area contributed by atoms with Crippen molar-refractivity contribution in [3.8, 4) is 22.6 Å². The molecule has 26 heavy (non-hydrogen) atoms. The molecule has 2 aromatic carbocycles. The van der Waals surface area contributed by atoms with Crippen LogP contribution in [-0.4, -0.2) is 23.8 Å². The van der Waals surface area contributed by atoms with Gasteiger partial charge >= 0.3 is 5.97 Å². The van der Waals surface area contributed by atoms with E-state index in [1.54, 1.807) is 6.07 Å². The Bertz CT molecular complexity index is 819. The van der Waals surface area contributed by atoms with Gasteiger partial charge in [-0.3, -0.25) is 4.79 Å². The smallest absolute Gasteiger partial charge is 0.306 e. The lowest BCUT2D eigenvalue weighted by molar-refractivity contribution is -0.138. The van der Waals surface area contributed by atoms with Crippen LogP contribution in [0.1, 0.15) is 20.3 Å². The SMILES string of the molecule is CC(C)Oc1ccc(F)c(-c2ccc(OC[C@H]3C[C@@H]3C(=O)O)c(F)c2)c1. The van der Waals surface area contributed by atoms with Crippen LogP contribution in [0.5, 0.6) is 11.5 Å². The maximum atomic E-state index is 14.3. The van der Waals surface area contributed by atoms with Gasteiger partial charge in [-0.25, -0.2) is 8.78 Å². The fourth-order valence-corrected chi connectivity index (χ4v) is 2.79. The minimum absolute atomic E-state index is 0.0276. The zero-order chi connectivity index (χ0) is 18.8. The molecule has 0 amide bonds. The second kappa shape index (κ2) is 7.32. The van der Waals surface area contributed by atoms with E-state index in [1.807, 2.05) is 13.8 Å². The first kappa shape index (κ1) is 18.2. The fraction of sp³-hybridized carbons (Fsp3) is 0.350. The Hall–Kier alpha value is -2.63. The first-order chi connectivity index (χ1) is 12.3. The maximum absolute atomic E-state index is 14.3. The number of ether oxygens (including phenoxy) is 2. The minimum atomic E-state index is -0.853. The van der Waals surface area contributed by atoms with Gasteiger partial charge in [0.25, 0.3) is 0 Å². The van der Waals surface area contributed by atoms with Crippen molar-refractivity contribution < 1.29 is 28.2 Å². The van der Waals surface area contributed by atoms with Crippen LogP contribution in [0.25, 0.3) is 11.1 Å². The van der Waals surface area contributed by atoms with E-state index in [-0.39, 0.29) is 29.9 Å². The number of halogens is 2. The Balaban J connectivity index is 1.74. The first-order valence-corrected chi connectivity index (χ1v) is 8.47. The van der Waals surface area contributed by atoms with Gasteiger partial charge in [0.2, 0.25) is 0 Å². The zero-order valence-electron chi connectivity index (χ0n) is 14.5. The summed E-state index contributed by atoms with van der Waals surface area (Å²) >= 11 is 0. The Morgan fingerprint density at radius 2 is 1.96 bits per heavy atom. The molecule has 0 radical (unpaired) electrons. The van der Waals surface area contributed by atoms with Gasteiger partial charge in [0.05, 0.1) is 18.6 Å². The van der Waals surface area contributed by atoms with E-state index in [4.69, 9.17) is 14.6 Å². The number of rotatable bonds is 7. The highest BCUT2D eigenvalue weighted by Gasteiger charge is 2.43. The second-order valence-corrected chi connectivity index (χ2v) is 6.70. The molecular formula is C20H20F2O4. The minimum Gasteiger partial charge on any atom is -0.491 e. The van der Waals surface area contributed by atoms with Gasteiger partial charge in [0.1, 0.15) is 11.6 Å². The molecule has 0 heterocycles. The highest BCUT2D eigenvalue weighted by atomic mass is 19.1. The molecule has 6 heteroatoms. The zero-order valence-corrected chi connectivity index (χ0v) is 14.5. The third-order valence-corrected chi connectivity index (χ3v) is 4.25. The van der Waals surface area contributed by atoms with Gasteiger partial charge in [-0.05, 0) is 56.2 Å². The standard InChI is InChI=1S/C20H20F2O4/c1-11(2)26-14-4-5-17(21)15(9-14)12-3-6-19(18(22)8-12)25-10-13-7-16(13)20(23)24/h3-6,8-9,11,13,16H,7,10H2,1-2H3,(H,23,24)/t13-,16+/m1/s1. The van der Waals surface area contributed by atoms with Gasteiger partial charge in [-0.1, -0.05) is 6.07 Å². The van der Waals surface area contributed by atoms with Crippen molar-refractivity contribution in [3.63, 3.8) is 0 Å². The summed E-state index contributed by atoms with van der Waals surface area (Å²) in [6.07, 6.45) is 0.487. The monoisotopic (exact) mass is 362 g/mol. The van der Waals surface area contributed by atoms with Crippen LogP contribution in [0.3, 0.4) is 0 Å². The van der Waals surface area contributed by atoms with E-state index in [1.165, 1.54) is 30.3 Å². The van der Waals surface area contributed by atoms with Crippen LogP contribution in [0.15, 0.2) is 36.4 Å². The second-order valence-electron chi connectivity index (χ2n) is 6.70. The fourth-order valence-electron chi connectivity index (χ4n) is 2.79. The highest BCUT2D eigenvalue weighted by Crippen LogP contribution is 2.39. The van der Waals surface area contributed by atoms with Crippen LogP contribution in [0, 0.1) is 23.5 Å². The Labute approximate surface area is 150 Å². The van der Waals surface area contributed by atoms with Crippen molar-refractivity contribution in [2.24, 2.45) is 11.8 Å². The summed E-state index contributed by atoms with van der Waals surface area (Å²) in [4.78, 5) is 10.8. The topological polar surface area (TPSA) is 55.8 Å². The maximum Gasteiger partial charge on any atom is 0.306 e. The van der Waals surface area contributed by atoms with Gasteiger partial charge in [-0.2, -0.15) is 0 Å². The molecule has 1 aliphatic carbocycles. The van der Waals surface area contributed by atoms with E-state index < -0.39 is 23.5 Å². The third kappa shape index (κ3) is 4.12. The molecule has 0 aromatic heterocycles. The van der Waals surface area contributed by atoms with Crippen molar-refractivity contribution >= 4 is 5.97 Å². The number of carboxylic acids is 1. The number of benzene rings is 2. The van der Waals surface area contributed by atoms with Crippen molar-refractivity contribution in [1.29, 1.82) is 0 Å². The van der Waals surface area contributed by atoms with E-state index >= 15 is 0 Å². The molecule has 0 aliphatic heterocycles. The predicted octanol–water partition coefficient (Wildman–Crippen LogP) is 4.52. The number of carbonyl (C=O) groups is 1. The first-order valence-electron chi connectivity index (χ1n) is 8.47. The van der Waals surface area contributed by atoms with Gasteiger partial charge < -0.3 is 14.6 Å².